The lowest BCUT2D eigenvalue weighted by atomic mass is 10.1. The number of carbonyl (C=O) groups excluding carboxylic acids is 2. The lowest BCUT2D eigenvalue weighted by molar-refractivity contribution is -0.120. The minimum Gasteiger partial charge on any atom is -0.384 e. The summed E-state index contributed by atoms with van der Waals surface area (Å²) in [6.45, 7) is 1.61. The highest BCUT2D eigenvalue weighted by Crippen LogP contribution is 2.25. The zero-order valence-electron chi connectivity index (χ0n) is 14.5. The molecule has 27 heavy (non-hydrogen) atoms. The fourth-order valence-electron chi connectivity index (χ4n) is 2.23. The monoisotopic (exact) mass is 407 g/mol. The van der Waals surface area contributed by atoms with Crippen molar-refractivity contribution in [2.24, 2.45) is 5.73 Å². The fraction of sp³-hybridized carbons (Fsp3) is 0.167. The van der Waals surface area contributed by atoms with Gasteiger partial charge in [0.2, 0.25) is 5.91 Å². The SMILES string of the molecule is CC(NC(=O)CNC(=O)Nc1ccc(C(=N)N)cc1)c1ccc(Cl)c(Cl)c1. The zero-order valence-corrected chi connectivity index (χ0v) is 16.0. The van der Waals surface area contributed by atoms with Gasteiger partial charge in [-0.15, -0.1) is 0 Å². The van der Waals surface area contributed by atoms with Gasteiger partial charge in [-0.05, 0) is 48.9 Å². The Kier molecular flexibility index (Phi) is 7.04. The van der Waals surface area contributed by atoms with E-state index < -0.39 is 6.03 Å². The number of nitrogens with two attached hydrogens (primary N) is 1. The van der Waals surface area contributed by atoms with E-state index in [0.717, 1.165) is 5.56 Å². The fourth-order valence-corrected chi connectivity index (χ4v) is 2.53. The van der Waals surface area contributed by atoms with Crippen LogP contribution in [-0.4, -0.2) is 24.3 Å². The summed E-state index contributed by atoms with van der Waals surface area (Å²) in [4.78, 5) is 23.9. The number of urea groups is 1. The molecule has 9 heteroatoms. The summed E-state index contributed by atoms with van der Waals surface area (Å²) < 4.78 is 0. The molecular formula is C18H19Cl2N5O2. The van der Waals surface area contributed by atoms with E-state index in [4.69, 9.17) is 34.3 Å². The lowest BCUT2D eigenvalue weighted by Gasteiger charge is -2.15. The Labute approximate surface area is 166 Å². The average Bonchev–Trinajstić information content (AvgIpc) is 2.62. The third kappa shape index (κ3) is 6.16. The molecule has 0 saturated heterocycles. The van der Waals surface area contributed by atoms with Crippen molar-refractivity contribution < 1.29 is 9.59 Å². The van der Waals surface area contributed by atoms with Crippen LogP contribution < -0.4 is 21.7 Å². The number of anilines is 1. The van der Waals surface area contributed by atoms with Gasteiger partial charge in [0.15, 0.2) is 0 Å². The maximum absolute atomic E-state index is 12.0. The molecule has 142 valence electrons. The third-order valence-electron chi connectivity index (χ3n) is 3.68. The smallest absolute Gasteiger partial charge is 0.319 e. The van der Waals surface area contributed by atoms with Gasteiger partial charge in [-0.25, -0.2) is 4.79 Å². The molecule has 0 aliphatic rings. The van der Waals surface area contributed by atoms with Crippen LogP contribution in [0.3, 0.4) is 0 Å². The molecule has 3 amide bonds. The summed E-state index contributed by atoms with van der Waals surface area (Å²) in [6.07, 6.45) is 0. The first-order chi connectivity index (χ1) is 12.8. The molecule has 0 aliphatic carbocycles. The Balaban J connectivity index is 1.81. The number of nitrogen functional groups attached to an aromatic ring is 1. The number of hydrogen-bond acceptors (Lipinski definition) is 3. The second-order valence-electron chi connectivity index (χ2n) is 5.76. The molecule has 0 radical (unpaired) electrons. The minimum absolute atomic E-state index is 0.0567. The van der Waals surface area contributed by atoms with E-state index in [1.54, 1.807) is 49.4 Å². The zero-order chi connectivity index (χ0) is 20.0. The molecule has 0 aliphatic heterocycles. The van der Waals surface area contributed by atoms with Crippen molar-refractivity contribution in [2.75, 3.05) is 11.9 Å². The number of amides is 3. The summed E-state index contributed by atoms with van der Waals surface area (Å²) >= 11 is 11.8. The molecule has 1 atom stereocenters. The van der Waals surface area contributed by atoms with Crippen LogP contribution in [0.25, 0.3) is 0 Å². The molecule has 0 saturated carbocycles. The van der Waals surface area contributed by atoms with Gasteiger partial charge in [0.25, 0.3) is 0 Å². The molecule has 0 fully saturated rings. The third-order valence-corrected chi connectivity index (χ3v) is 4.42. The van der Waals surface area contributed by atoms with Crippen LogP contribution in [0.1, 0.15) is 24.1 Å². The Hall–Kier alpha value is -2.77. The highest BCUT2D eigenvalue weighted by Gasteiger charge is 2.12. The van der Waals surface area contributed by atoms with Crippen LogP contribution in [0.15, 0.2) is 42.5 Å². The van der Waals surface area contributed by atoms with Crippen molar-refractivity contribution in [3.8, 4) is 0 Å². The molecule has 2 aromatic rings. The van der Waals surface area contributed by atoms with Crippen LogP contribution >= 0.6 is 23.2 Å². The molecule has 0 aromatic heterocycles. The van der Waals surface area contributed by atoms with Crippen molar-refractivity contribution >= 4 is 46.7 Å². The normalized spacial score (nSPS) is 11.4. The number of carbonyl (C=O) groups is 2. The lowest BCUT2D eigenvalue weighted by Crippen LogP contribution is -2.39. The van der Waals surface area contributed by atoms with Gasteiger partial charge in [-0.2, -0.15) is 0 Å². The topological polar surface area (TPSA) is 120 Å². The molecule has 1 unspecified atom stereocenters. The van der Waals surface area contributed by atoms with Crippen molar-refractivity contribution in [1.29, 1.82) is 5.41 Å². The second kappa shape index (κ2) is 9.25. The molecular weight excluding hydrogens is 389 g/mol. The summed E-state index contributed by atoms with van der Waals surface area (Å²) in [6, 6.07) is 10.7. The van der Waals surface area contributed by atoms with Gasteiger partial charge in [0.05, 0.1) is 22.6 Å². The standard InChI is InChI=1S/C18H19Cl2N5O2/c1-10(12-4-7-14(19)15(20)8-12)24-16(26)9-23-18(27)25-13-5-2-11(3-6-13)17(21)22/h2-8,10H,9H2,1H3,(H3,21,22)(H,24,26)(H2,23,25,27). The predicted molar refractivity (Wildman–Crippen MR) is 107 cm³/mol. The van der Waals surface area contributed by atoms with Gasteiger partial charge in [-0.3, -0.25) is 10.2 Å². The van der Waals surface area contributed by atoms with E-state index in [0.29, 0.717) is 21.3 Å². The average molecular weight is 408 g/mol. The molecule has 6 N–H and O–H groups in total. The number of halogens is 2. The van der Waals surface area contributed by atoms with Crippen molar-refractivity contribution in [2.45, 2.75) is 13.0 Å². The summed E-state index contributed by atoms with van der Waals surface area (Å²) in [5, 5.41) is 16.0. The van der Waals surface area contributed by atoms with Crippen molar-refractivity contribution in [1.82, 2.24) is 10.6 Å². The summed E-state index contributed by atoms with van der Waals surface area (Å²) in [5.41, 5.74) is 7.24. The Morgan fingerprint density at radius 3 is 2.37 bits per heavy atom. The maximum Gasteiger partial charge on any atom is 0.319 e. The van der Waals surface area contributed by atoms with Gasteiger partial charge in [0.1, 0.15) is 5.84 Å². The Morgan fingerprint density at radius 2 is 1.78 bits per heavy atom. The van der Waals surface area contributed by atoms with Gasteiger partial charge >= 0.3 is 6.03 Å². The highest BCUT2D eigenvalue weighted by molar-refractivity contribution is 6.42. The van der Waals surface area contributed by atoms with E-state index in [9.17, 15) is 9.59 Å². The van der Waals surface area contributed by atoms with Crippen LogP contribution in [0, 0.1) is 5.41 Å². The van der Waals surface area contributed by atoms with E-state index in [1.807, 2.05) is 0 Å². The number of benzene rings is 2. The quantitative estimate of drug-likeness (QED) is 0.373. The summed E-state index contributed by atoms with van der Waals surface area (Å²) in [7, 11) is 0. The van der Waals surface area contributed by atoms with Crippen LogP contribution in [0.2, 0.25) is 10.0 Å². The number of hydrogen-bond donors (Lipinski definition) is 5. The molecule has 2 rings (SSSR count). The predicted octanol–water partition coefficient (Wildman–Crippen LogP) is 3.28. The van der Waals surface area contributed by atoms with Crippen LogP contribution in [0.4, 0.5) is 10.5 Å². The van der Waals surface area contributed by atoms with E-state index >= 15 is 0 Å². The molecule has 0 spiro atoms. The van der Waals surface area contributed by atoms with Crippen molar-refractivity contribution in [3.05, 3.63) is 63.6 Å². The second-order valence-corrected chi connectivity index (χ2v) is 6.58. The first-order valence-electron chi connectivity index (χ1n) is 8.00. The van der Waals surface area contributed by atoms with Gasteiger partial charge < -0.3 is 21.7 Å². The number of rotatable bonds is 6. The maximum atomic E-state index is 12.0. The number of nitrogens with one attached hydrogen (secondary N) is 4. The Morgan fingerprint density at radius 1 is 1.11 bits per heavy atom. The van der Waals surface area contributed by atoms with Gasteiger partial charge in [0, 0.05) is 11.3 Å². The molecule has 2 aromatic carbocycles. The number of amidine groups is 1. The molecule has 7 nitrogen and oxygen atoms in total. The largest absolute Gasteiger partial charge is 0.384 e. The van der Waals surface area contributed by atoms with Crippen LogP contribution in [-0.2, 0) is 4.79 Å². The van der Waals surface area contributed by atoms with E-state index in [1.165, 1.54) is 0 Å². The van der Waals surface area contributed by atoms with Crippen molar-refractivity contribution in [3.63, 3.8) is 0 Å². The first kappa shape index (κ1) is 20.5. The molecule has 0 heterocycles. The Bertz CT molecular complexity index is 855. The minimum atomic E-state index is -0.525. The van der Waals surface area contributed by atoms with Crippen LogP contribution in [0.5, 0.6) is 0 Å². The van der Waals surface area contributed by atoms with E-state index in [-0.39, 0.29) is 24.3 Å². The molecule has 0 bridgehead atoms. The van der Waals surface area contributed by atoms with E-state index in [2.05, 4.69) is 16.0 Å². The first-order valence-corrected chi connectivity index (χ1v) is 8.75. The summed E-state index contributed by atoms with van der Waals surface area (Å²) in [5.74, 6) is -0.408. The van der Waals surface area contributed by atoms with Gasteiger partial charge in [-0.1, -0.05) is 29.3 Å². The highest BCUT2D eigenvalue weighted by atomic mass is 35.5.